The highest BCUT2D eigenvalue weighted by Crippen LogP contribution is 2.32. The van der Waals surface area contributed by atoms with Gasteiger partial charge in [-0.2, -0.15) is 13.2 Å². The van der Waals surface area contributed by atoms with E-state index < -0.39 is 11.7 Å². The molecule has 0 unspecified atom stereocenters. The molecular weight excluding hydrogens is 463 g/mol. The minimum absolute atomic E-state index is 0.321. The number of aromatic nitrogens is 2. The van der Waals surface area contributed by atoms with Gasteiger partial charge in [0, 0.05) is 11.8 Å². The van der Waals surface area contributed by atoms with Crippen molar-refractivity contribution < 1.29 is 27.4 Å². The van der Waals surface area contributed by atoms with E-state index in [0.717, 1.165) is 23.3 Å². The van der Waals surface area contributed by atoms with Gasteiger partial charge in [-0.15, -0.1) is 10.2 Å². The van der Waals surface area contributed by atoms with Crippen LogP contribution in [0.3, 0.4) is 0 Å². The number of hydrogen-bond acceptors (Lipinski definition) is 7. The number of amides is 1. The second kappa shape index (κ2) is 10.5. The summed E-state index contributed by atoms with van der Waals surface area (Å²) in [6, 6.07) is 10.2. The van der Waals surface area contributed by atoms with Gasteiger partial charge >= 0.3 is 6.18 Å². The van der Waals surface area contributed by atoms with Crippen LogP contribution in [0, 0.1) is 0 Å². The third kappa shape index (κ3) is 6.47. The molecule has 2 aromatic carbocycles. The molecule has 0 aliphatic rings. The Labute approximate surface area is 190 Å². The summed E-state index contributed by atoms with van der Waals surface area (Å²) >= 11 is 2.50. The highest BCUT2D eigenvalue weighted by atomic mass is 32.2. The molecule has 0 aliphatic carbocycles. The van der Waals surface area contributed by atoms with Crippen molar-refractivity contribution in [3.63, 3.8) is 0 Å². The average molecular weight is 482 g/mol. The number of ether oxygens (including phenoxy) is 2. The lowest BCUT2D eigenvalue weighted by atomic mass is 10.1. The fourth-order valence-corrected chi connectivity index (χ4v) is 4.24. The highest BCUT2D eigenvalue weighted by Gasteiger charge is 2.29. The molecule has 0 bridgehead atoms. The van der Waals surface area contributed by atoms with Crippen molar-refractivity contribution in [2.75, 3.05) is 19.5 Å². The van der Waals surface area contributed by atoms with Crippen molar-refractivity contribution in [1.29, 1.82) is 0 Å². The van der Waals surface area contributed by atoms with Crippen LogP contribution in [0.15, 0.2) is 52.9 Å². The molecule has 1 aromatic heterocycles. The van der Waals surface area contributed by atoms with E-state index in [4.69, 9.17) is 9.47 Å². The molecule has 0 spiro atoms. The van der Waals surface area contributed by atoms with Gasteiger partial charge in [-0.05, 0) is 41.5 Å². The van der Waals surface area contributed by atoms with E-state index in [1.807, 2.05) is 0 Å². The van der Waals surface area contributed by atoms with Gasteiger partial charge in [-0.3, -0.25) is 10.1 Å². The normalized spacial score (nSPS) is 11.5. The second-order valence-corrected chi connectivity index (χ2v) is 8.49. The summed E-state index contributed by atoms with van der Waals surface area (Å²) < 4.78 is 48.9. The summed E-state index contributed by atoms with van der Waals surface area (Å²) in [5.74, 6) is 1.19. The molecule has 3 rings (SSSR count). The van der Waals surface area contributed by atoms with Crippen molar-refractivity contribution in [2.24, 2.45) is 0 Å². The van der Waals surface area contributed by atoms with Crippen LogP contribution in [0.4, 0.5) is 18.3 Å². The maximum Gasteiger partial charge on any atom is 0.416 e. The molecular formula is C21H18F3N3O3S2. The van der Waals surface area contributed by atoms with E-state index >= 15 is 0 Å². The van der Waals surface area contributed by atoms with Gasteiger partial charge in [0.05, 0.1) is 19.8 Å². The number of hydrogen-bond donors (Lipinski definition) is 1. The minimum Gasteiger partial charge on any atom is -0.493 e. The maximum atomic E-state index is 12.6. The van der Waals surface area contributed by atoms with Crippen LogP contribution < -0.4 is 14.8 Å². The Bertz CT molecular complexity index is 1100. The number of methoxy groups -OCH3 is 2. The molecule has 0 saturated carbocycles. The molecule has 168 valence electrons. The minimum atomic E-state index is -4.36. The summed E-state index contributed by atoms with van der Waals surface area (Å²) in [5.41, 5.74) is 0.790. The van der Waals surface area contributed by atoms with Gasteiger partial charge in [-0.25, -0.2) is 0 Å². The van der Waals surface area contributed by atoms with Crippen molar-refractivity contribution >= 4 is 40.2 Å². The monoisotopic (exact) mass is 481 g/mol. The number of halogens is 3. The molecule has 32 heavy (non-hydrogen) atoms. The summed E-state index contributed by atoms with van der Waals surface area (Å²) in [5, 5.41) is 10.9. The molecule has 1 heterocycles. The molecule has 0 radical (unpaired) electrons. The van der Waals surface area contributed by atoms with E-state index in [9.17, 15) is 18.0 Å². The largest absolute Gasteiger partial charge is 0.493 e. The number of nitrogens with one attached hydrogen (secondary N) is 1. The second-order valence-electron chi connectivity index (χ2n) is 6.29. The van der Waals surface area contributed by atoms with Gasteiger partial charge in [0.15, 0.2) is 15.8 Å². The zero-order chi connectivity index (χ0) is 23.1. The van der Waals surface area contributed by atoms with Crippen LogP contribution in [-0.2, 0) is 16.7 Å². The summed E-state index contributed by atoms with van der Waals surface area (Å²) in [6.07, 6.45) is -1.37. The number of rotatable bonds is 8. The van der Waals surface area contributed by atoms with E-state index in [1.54, 1.807) is 31.4 Å². The van der Waals surface area contributed by atoms with Crippen molar-refractivity contribution in [3.05, 3.63) is 65.2 Å². The van der Waals surface area contributed by atoms with Crippen LogP contribution in [0.1, 0.15) is 16.7 Å². The fourth-order valence-electron chi connectivity index (χ4n) is 2.53. The first-order valence-electron chi connectivity index (χ1n) is 9.12. The summed E-state index contributed by atoms with van der Waals surface area (Å²) in [4.78, 5) is 12.2. The topological polar surface area (TPSA) is 73.3 Å². The Morgan fingerprint density at radius 3 is 2.47 bits per heavy atom. The SMILES string of the molecule is COc1ccc(/C=C/C(=O)Nc2nnc(SCc3ccc(C(F)(F)F)cc3)s2)cc1OC. The van der Waals surface area contributed by atoms with Crippen LogP contribution in [0.25, 0.3) is 6.08 Å². The summed E-state index contributed by atoms with van der Waals surface area (Å²) in [7, 11) is 3.07. The molecule has 0 fully saturated rings. The zero-order valence-electron chi connectivity index (χ0n) is 17.0. The van der Waals surface area contributed by atoms with Crippen LogP contribution in [-0.4, -0.2) is 30.3 Å². The molecule has 6 nitrogen and oxygen atoms in total. The van der Waals surface area contributed by atoms with E-state index in [2.05, 4.69) is 15.5 Å². The van der Waals surface area contributed by atoms with Gasteiger partial charge < -0.3 is 9.47 Å². The van der Waals surface area contributed by atoms with E-state index in [0.29, 0.717) is 26.7 Å². The average Bonchev–Trinajstić information content (AvgIpc) is 3.22. The first-order valence-corrected chi connectivity index (χ1v) is 10.9. The molecule has 0 aliphatic heterocycles. The maximum absolute atomic E-state index is 12.6. The fraction of sp³-hybridized carbons (Fsp3) is 0.190. The smallest absolute Gasteiger partial charge is 0.416 e. The third-order valence-electron chi connectivity index (χ3n) is 4.11. The molecule has 1 amide bonds. The standard InChI is InChI=1S/C21H18F3N3O3S2/c1-29-16-9-5-13(11-17(16)30-2)6-10-18(28)25-19-26-27-20(32-19)31-12-14-3-7-15(8-4-14)21(22,23)24/h3-11H,12H2,1-2H3,(H,25,26,28)/b10-6+. The van der Waals surface area contributed by atoms with Crippen LogP contribution in [0.2, 0.25) is 0 Å². The number of carbonyl (C=O) groups is 1. The number of benzene rings is 2. The Morgan fingerprint density at radius 2 is 1.81 bits per heavy atom. The number of anilines is 1. The Balaban J connectivity index is 1.53. The van der Waals surface area contributed by atoms with Gasteiger partial charge in [0.2, 0.25) is 11.0 Å². The van der Waals surface area contributed by atoms with E-state index in [-0.39, 0.29) is 5.91 Å². The number of thioether (sulfide) groups is 1. The lowest BCUT2D eigenvalue weighted by Gasteiger charge is -2.07. The molecule has 0 atom stereocenters. The van der Waals surface area contributed by atoms with Gasteiger partial charge in [0.1, 0.15) is 0 Å². The van der Waals surface area contributed by atoms with E-state index in [1.165, 1.54) is 48.4 Å². The Morgan fingerprint density at radius 1 is 1.09 bits per heavy atom. The lowest BCUT2D eigenvalue weighted by molar-refractivity contribution is -0.137. The molecule has 11 heteroatoms. The third-order valence-corrected chi connectivity index (χ3v) is 6.16. The zero-order valence-corrected chi connectivity index (χ0v) is 18.6. The first-order chi connectivity index (χ1) is 15.3. The van der Waals surface area contributed by atoms with Crippen LogP contribution in [0.5, 0.6) is 11.5 Å². The number of nitrogens with zero attached hydrogens (tertiary/aromatic N) is 2. The van der Waals surface area contributed by atoms with Crippen LogP contribution >= 0.6 is 23.1 Å². The van der Waals surface area contributed by atoms with Gasteiger partial charge in [-0.1, -0.05) is 41.3 Å². The Kier molecular flexibility index (Phi) is 7.75. The summed E-state index contributed by atoms with van der Waals surface area (Å²) in [6.45, 7) is 0. The van der Waals surface area contributed by atoms with Gasteiger partial charge in [0.25, 0.3) is 0 Å². The molecule has 0 saturated heterocycles. The highest BCUT2D eigenvalue weighted by molar-refractivity contribution is 8.00. The Hall–Kier alpha value is -3.05. The molecule has 1 N–H and O–H groups in total. The van der Waals surface area contributed by atoms with Crippen molar-refractivity contribution in [1.82, 2.24) is 10.2 Å². The number of carbonyl (C=O) groups excluding carboxylic acids is 1. The van der Waals surface area contributed by atoms with Crippen molar-refractivity contribution in [3.8, 4) is 11.5 Å². The molecule has 3 aromatic rings. The number of alkyl halides is 3. The predicted molar refractivity (Wildman–Crippen MR) is 118 cm³/mol. The lowest BCUT2D eigenvalue weighted by Crippen LogP contribution is -2.07. The predicted octanol–water partition coefficient (Wildman–Crippen LogP) is 5.52. The van der Waals surface area contributed by atoms with Crippen molar-refractivity contribution in [2.45, 2.75) is 16.3 Å². The quantitative estimate of drug-likeness (QED) is 0.260. The first kappa shape index (κ1) is 23.6.